The summed E-state index contributed by atoms with van der Waals surface area (Å²) in [5.74, 6) is 0. The van der Waals surface area contributed by atoms with Gasteiger partial charge in [-0.1, -0.05) is 34.8 Å². The largest absolute Gasteiger partial charge is 0.377 e. The lowest BCUT2D eigenvalue weighted by atomic mass is 10.3. The monoisotopic (exact) mass is 347 g/mol. The van der Waals surface area contributed by atoms with E-state index < -0.39 is 10.0 Å². The molecule has 2 rings (SSSR count). The van der Waals surface area contributed by atoms with Gasteiger partial charge in [-0.05, 0) is 31.0 Å². The smallest absolute Gasteiger partial charge is 0.240 e. The van der Waals surface area contributed by atoms with Gasteiger partial charge in [0.1, 0.15) is 0 Å². The van der Waals surface area contributed by atoms with E-state index in [1.165, 1.54) is 12.8 Å². The van der Waals surface area contributed by atoms with Crippen molar-refractivity contribution in [3.63, 3.8) is 0 Å². The van der Waals surface area contributed by atoms with Crippen LogP contribution < -0.4 is 4.72 Å². The van der Waals surface area contributed by atoms with Gasteiger partial charge in [0.15, 0.2) is 0 Å². The molecule has 0 unspecified atom stereocenters. The molecule has 1 aliphatic rings. The van der Waals surface area contributed by atoms with Crippen molar-refractivity contribution in [3.05, 3.63) is 28.7 Å². The fourth-order valence-electron chi connectivity index (χ4n) is 2.17. The van der Waals surface area contributed by atoms with Crippen molar-refractivity contribution >= 4 is 26.0 Å². The Morgan fingerprint density at radius 1 is 1.32 bits per heavy atom. The van der Waals surface area contributed by atoms with E-state index in [9.17, 15) is 8.42 Å². The third kappa shape index (κ3) is 4.56. The Labute approximate surface area is 122 Å². The van der Waals surface area contributed by atoms with Crippen LogP contribution in [-0.2, 0) is 14.8 Å². The summed E-state index contributed by atoms with van der Waals surface area (Å²) in [6.07, 6.45) is 4.94. The summed E-state index contributed by atoms with van der Waals surface area (Å²) in [5.41, 5.74) is 0. The molecule has 0 bridgehead atoms. The minimum absolute atomic E-state index is 0.266. The SMILES string of the molecule is O=S(=O)(NCCOC1CCCC1)c1cccc(Br)c1. The molecule has 0 amide bonds. The fraction of sp³-hybridized carbons (Fsp3) is 0.538. The second-order valence-corrected chi connectivity index (χ2v) is 7.32. The van der Waals surface area contributed by atoms with Crippen LogP contribution in [0, 0.1) is 0 Å². The van der Waals surface area contributed by atoms with E-state index in [4.69, 9.17) is 4.74 Å². The van der Waals surface area contributed by atoms with Crippen molar-refractivity contribution in [2.45, 2.75) is 36.7 Å². The molecule has 0 aliphatic heterocycles. The van der Waals surface area contributed by atoms with E-state index >= 15 is 0 Å². The van der Waals surface area contributed by atoms with Crippen LogP contribution in [0.1, 0.15) is 25.7 Å². The third-order valence-electron chi connectivity index (χ3n) is 3.16. The number of sulfonamides is 1. The summed E-state index contributed by atoms with van der Waals surface area (Å²) >= 11 is 3.26. The van der Waals surface area contributed by atoms with Crippen molar-refractivity contribution in [1.82, 2.24) is 4.72 Å². The van der Waals surface area contributed by atoms with E-state index in [1.54, 1.807) is 24.3 Å². The Balaban J connectivity index is 1.80. The number of benzene rings is 1. The van der Waals surface area contributed by atoms with Gasteiger partial charge in [0.2, 0.25) is 10.0 Å². The molecule has 0 atom stereocenters. The highest BCUT2D eigenvalue weighted by molar-refractivity contribution is 9.10. The van der Waals surface area contributed by atoms with Crippen LogP contribution in [0.15, 0.2) is 33.6 Å². The second-order valence-electron chi connectivity index (χ2n) is 4.63. The summed E-state index contributed by atoms with van der Waals surface area (Å²) in [6.45, 7) is 0.739. The molecule has 6 heteroatoms. The first kappa shape index (κ1) is 15.0. The number of halogens is 1. The first-order valence-electron chi connectivity index (χ1n) is 6.45. The van der Waals surface area contributed by atoms with Gasteiger partial charge in [0.25, 0.3) is 0 Å². The quantitative estimate of drug-likeness (QED) is 0.805. The predicted octanol–water partition coefficient (Wildman–Crippen LogP) is 2.69. The number of hydrogen-bond acceptors (Lipinski definition) is 3. The lowest BCUT2D eigenvalue weighted by Gasteiger charge is -2.11. The van der Waals surface area contributed by atoms with E-state index in [0.29, 0.717) is 19.3 Å². The highest BCUT2D eigenvalue weighted by Gasteiger charge is 2.16. The molecule has 1 aliphatic carbocycles. The lowest BCUT2D eigenvalue weighted by molar-refractivity contribution is 0.0626. The summed E-state index contributed by atoms with van der Waals surface area (Å²) in [7, 11) is -3.44. The van der Waals surface area contributed by atoms with E-state index in [0.717, 1.165) is 17.3 Å². The van der Waals surface area contributed by atoms with Gasteiger partial charge >= 0.3 is 0 Å². The van der Waals surface area contributed by atoms with E-state index in [-0.39, 0.29) is 4.90 Å². The van der Waals surface area contributed by atoms with Gasteiger partial charge in [0.05, 0.1) is 17.6 Å². The average Bonchev–Trinajstić information content (AvgIpc) is 2.88. The molecular weight excluding hydrogens is 330 g/mol. The van der Waals surface area contributed by atoms with Crippen LogP contribution in [0.3, 0.4) is 0 Å². The maximum Gasteiger partial charge on any atom is 0.240 e. The van der Waals surface area contributed by atoms with Crippen LogP contribution in [-0.4, -0.2) is 27.7 Å². The normalized spacial score (nSPS) is 16.9. The number of rotatable bonds is 6. The standard InChI is InChI=1S/C13H18BrNO3S/c14-11-4-3-7-13(10-11)19(16,17)15-8-9-18-12-5-1-2-6-12/h3-4,7,10,12,15H,1-2,5-6,8-9H2. The van der Waals surface area contributed by atoms with Crippen LogP contribution in [0.4, 0.5) is 0 Å². The third-order valence-corrected chi connectivity index (χ3v) is 5.11. The average molecular weight is 348 g/mol. The van der Waals surface area contributed by atoms with Crippen LogP contribution in [0.2, 0.25) is 0 Å². The number of hydrogen-bond donors (Lipinski definition) is 1. The van der Waals surface area contributed by atoms with Gasteiger partial charge in [-0.25, -0.2) is 13.1 Å². The molecule has 0 aromatic heterocycles. The van der Waals surface area contributed by atoms with Gasteiger partial charge < -0.3 is 4.74 Å². The molecule has 106 valence electrons. The van der Waals surface area contributed by atoms with Gasteiger partial charge in [-0.3, -0.25) is 0 Å². The van der Waals surface area contributed by atoms with Crippen molar-refractivity contribution in [1.29, 1.82) is 0 Å². The van der Waals surface area contributed by atoms with Gasteiger partial charge in [-0.2, -0.15) is 0 Å². The molecule has 1 aromatic rings. The second kappa shape index (κ2) is 6.83. The van der Waals surface area contributed by atoms with Crippen molar-refractivity contribution in [2.24, 2.45) is 0 Å². The molecule has 4 nitrogen and oxygen atoms in total. The lowest BCUT2D eigenvalue weighted by Crippen LogP contribution is -2.28. The van der Waals surface area contributed by atoms with Gasteiger partial charge in [-0.15, -0.1) is 0 Å². The predicted molar refractivity (Wildman–Crippen MR) is 77.5 cm³/mol. The zero-order valence-corrected chi connectivity index (χ0v) is 13.0. The molecule has 1 N–H and O–H groups in total. The minimum atomic E-state index is -3.44. The molecule has 19 heavy (non-hydrogen) atoms. The molecule has 0 saturated heterocycles. The Hall–Kier alpha value is -0.430. The molecule has 0 heterocycles. The highest BCUT2D eigenvalue weighted by Crippen LogP contribution is 2.20. The first-order chi connectivity index (χ1) is 9.08. The fourth-order valence-corrected chi connectivity index (χ4v) is 3.78. The van der Waals surface area contributed by atoms with Crippen LogP contribution in [0.25, 0.3) is 0 Å². The van der Waals surface area contributed by atoms with Crippen LogP contribution in [0.5, 0.6) is 0 Å². The minimum Gasteiger partial charge on any atom is -0.377 e. The molecule has 1 fully saturated rings. The Morgan fingerprint density at radius 2 is 2.05 bits per heavy atom. The Morgan fingerprint density at radius 3 is 2.74 bits per heavy atom. The molecule has 1 saturated carbocycles. The number of ether oxygens (including phenoxy) is 1. The Bertz CT molecular complexity index is 512. The van der Waals surface area contributed by atoms with Crippen molar-refractivity contribution in [2.75, 3.05) is 13.2 Å². The van der Waals surface area contributed by atoms with E-state index in [1.807, 2.05) is 0 Å². The zero-order valence-electron chi connectivity index (χ0n) is 10.6. The molecule has 0 radical (unpaired) electrons. The summed E-state index contributed by atoms with van der Waals surface area (Å²) in [6, 6.07) is 6.65. The maximum atomic E-state index is 12.0. The highest BCUT2D eigenvalue weighted by atomic mass is 79.9. The van der Waals surface area contributed by atoms with Crippen molar-refractivity contribution < 1.29 is 13.2 Å². The maximum absolute atomic E-state index is 12.0. The first-order valence-corrected chi connectivity index (χ1v) is 8.72. The molecule has 0 spiro atoms. The van der Waals surface area contributed by atoms with Crippen LogP contribution >= 0.6 is 15.9 Å². The van der Waals surface area contributed by atoms with Gasteiger partial charge in [0, 0.05) is 11.0 Å². The summed E-state index contributed by atoms with van der Waals surface area (Å²) in [5, 5.41) is 0. The van der Waals surface area contributed by atoms with Crippen molar-refractivity contribution in [3.8, 4) is 0 Å². The van der Waals surface area contributed by atoms with E-state index in [2.05, 4.69) is 20.7 Å². The number of nitrogens with one attached hydrogen (secondary N) is 1. The summed E-state index contributed by atoms with van der Waals surface area (Å²) < 4.78 is 32.9. The topological polar surface area (TPSA) is 55.4 Å². The zero-order chi connectivity index (χ0) is 13.7. The molecule has 1 aromatic carbocycles. The Kier molecular flexibility index (Phi) is 5.38. The summed E-state index contributed by atoms with van der Waals surface area (Å²) in [4.78, 5) is 0.266. The molecular formula is C13H18BrNO3S.